The van der Waals surface area contributed by atoms with Crippen molar-refractivity contribution in [3.8, 4) is 0 Å². The number of benzene rings is 2. The summed E-state index contributed by atoms with van der Waals surface area (Å²) in [6.45, 7) is 5.36. The van der Waals surface area contributed by atoms with Crippen molar-refractivity contribution in [2.45, 2.75) is 37.8 Å². The zero-order valence-electron chi connectivity index (χ0n) is 18.5. The highest BCUT2D eigenvalue weighted by molar-refractivity contribution is 7.89. The average molecular weight is 485 g/mol. The minimum atomic E-state index is -3.75. The van der Waals surface area contributed by atoms with Crippen LogP contribution < -0.4 is 10.0 Å². The van der Waals surface area contributed by atoms with Crippen molar-refractivity contribution in [3.63, 3.8) is 0 Å². The molecule has 0 radical (unpaired) electrons. The Morgan fingerprint density at radius 1 is 1.18 bits per heavy atom. The molecule has 4 rings (SSSR count). The number of carbonyl (C=O) groups is 1. The molecule has 1 aromatic heterocycles. The summed E-state index contributed by atoms with van der Waals surface area (Å²) in [5.41, 5.74) is 2.05. The Balaban J connectivity index is 1.38. The zero-order valence-corrected chi connectivity index (χ0v) is 20.2. The van der Waals surface area contributed by atoms with Gasteiger partial charge in [-0.05, 0) is 49.1 Å². The van der Waals surface area contributed by atoms with Crippen molar-refractivity contribution in [3.05, 3.63) is 76.8 Å². The molecule has 174 valence electrons. The number of anilines is 1. The van der Waals surface area contributed by atoms with Crippen LogP contribution in [0.2, 0.25) is 0 Å². The lowest BCUT2D eigenvalue weighted by atomic mass is 10.0. The van der Waals surface area contributed by atoms with Crippen LogP contribution >= 0.6 is 11.3 Å². The quantitative estimate of drug-likeness (QED) is 0.502. The van der Waals surface area contributed by atoms with Crippen molar-refractivity contribution in [2.75, 3.05) is 18.4 Å². The molecule has 1 amide bonds. The smallest absolute Gasteiger partial charge is 0.257 e. The standard InChI is InChI=1S/C24H28N4O3S2/c1-18-7-6-12-28(15-18)16-21-17-32-24(26-21)27-23(29)20-10-5-11-22(13-20)33(30,31)25-14-19-8-3-2-4-9-19/h2-5,8-11,13,17-18,25H,6-7,12,14-16H2,1H3,(H,26,27,29). The number of sulfonamides is 1. The summed E-state index contributed by atoms with van der Waals surface area (Å²) >= 11 is 1.38. The Bertz CT molecular complexity index is 1200. The van der Waals surface area contributed by atoms with Gasteiger partial charge in [0.1, 0.15) is 0 Å². The van der Waals surface area contributed by atoms with Crippen LogP contribution in [0.4, 0.5) is 5.13 Å². The van der Waals surface area contributed by atoms with Crippen LogP contribution in [-0.2, 0) is 23.1 Å². The van der Waals surface area contributed by atoms with Crippen LogP contribution in [0, 0.1) is 5.92 Å². The molecule has 33 heavy (non-hydrogen) atoms. The maximum Gasteiger partial charge on any atom is 0.257 e. The predicted octanol–water partition coefficient (Wildman–Crippen LogP) is 4.11. The molecule has 2 aromatic carbocycles. The van der Waals surface area contributed by atoms with E-state index in [9.17, 15) is 13.2 Å². The van der Waals surface area contributed by atoms with Crippen LogP contribution in [0.15, 0.2) is 64.9 Å². The van der Waals surface area contributed by atoms with Crippen LogP contribution in [0.5, 0.6) is 0 Å². The molecule has 1 aliphatic rings. The summed E-state index contributed by atoms with van der Waals surface area (Å²) in [5.74, 6) is 0.310. The van der Waals surface area contributed by atoms with Crippen molar-refractivity contribution in [2.24, 2.45) is 5.92 Å². The van der Waals surface area contributed by atoms with Crippen molar-refractivity contribution < 1.29 is 13.2 Å². The summed E-state index contributed by atoms with van der Waals surface area (Å²) in [6, 6.07) is 15.3. The number of nitrogens with one attached hydrogen (secondary N) is 2. The van der Waals surface area contributed by atoms with E-state index in [1.807, 2.05) is 35.7 Å². The third kappa shape index (κ3) is 6.48. The van der Waals surface area contributed by atoms with Crippen molar-refractivity contribution in [1.82, 2.24) is 14.6 Å². The van der Waals surface area contributed by atoms with E-state index in [-0.39, 0.29) is 22.9 Å². The highest BCUT2D eigenvalue weighted by Gasteiger charge is 2.19. The van der Waals surface area contributed by atoms with Gasteiger partial charge >= 0.3 is 0 Å². The second-order valence-corrected chi connectivity index (χ2v) is 11.0. The van der Waals surface area contributed by atoms with Crippen LogP contribution in [0.1, 0.15) is 41.4 Å². The summed E-state index contributed by atoms with van der Waals surface area (Å²) in [4.78, 5) is 19.7. The molecule has 0 spiro atoms. The number of hydrogen-bond acceptors (Lipinski definition) is 6. The number of piperidine rings is 1. The highest BCUT2D eigenvalue weighted by Crippen LogP contribution is 2.22. The number of aromatic nitrogens is 1. The van der Waals surface area contributed by atoms with E-state index in [0.29, 0.717) is 11.0 Å². The second kappa shape index (κ2) is 10.6. The van der Waals surface area contributed by atoms with Crippen LogP contribution in [0.3, 0.4) is 0 Å². The van der Waals surface area contributed by atoms with Gasteiger partial charge in [-0.15, -0.1) is 11.3 Å². The Labute approximate surface area is 198 Å². The lowest BCUT2D eigenvalue weighted by molar-refractivity contribution is 0.102. The first-order chi connectivity index (χ1) is 15.9. The molecule has 0 saturated carbocycles. The molecule has 1 fully saturated rings. The monoisotopic (exact) mass is 484 g/mol. The number of nitrogens with zero attached hydrogens (tertiary/aromatic N) is 2. The van der Waals surface area contributed by atoms with E-state index in [4.69, 9.17) is 0 Å². The van der Waals surface area contributed by atoms with Gasteiger partial charge in [-0.2, -0.15) is 0 Å². The van der Waals surface area contributed by atoms with Gasteiger partial charge in [0.15, 0.2) is 5.13 Å². The maximum absolute atomic E-state index is 12.7. The molecule has 1 atom stereocenters. The van der Waals surface area contributed by atoms with E-state index >= 15 is 0 Å². The second-order valence-electron chi connectivity index (χ2n) is 8.42. The topological polar surface area (TPSA) is 91.4 Å². The van der Waals surface area contributed by atoms with Gasteiger partial charge in [0, 0.05) is 30.6 Å². The van der Waals surface area contributed by atoms with E-state index in [2.05, 4.69) is 26.8 Å². The first kappa shape index (κ1) is 23.6. The van der Waals surface area contributed by atoms with Gasteiger partial charge in [-0.1, -0.05) is 43.3 Å². The molecule has 1 saturated heterocycles. The first-order valence-electron chi connectivity index (χ1n) is 11.0. The number of hydrogen-bond donors (Lipinski definition) is 2. The minimum Gasteiger partial charge on any atom is -0.298 e. The Kier molecular flexibility index (Phi) is 7.54. The number of likely N-dealkylation sites (tertiary alicyclic amines) is 1. The fourth-order valence-electron chi connectivity index (χ4n) is 3.93. The van der Waals surface area contributed by atoms with E-state index in [1.165, 1.54) is 36.3 Å². The molecule has 9 heteroatoms. The third-order valence-corrected chi connectivity index (χ3v) is 7.82. The van der Waals surface area contributed by atoms with Gasteiger partial charge in [-0.3, -0.25) is 15.0 Å². The van der Waals surface area contributed by atoms with Crippen molar-refractivity contribution in [1.29, 1.82) is 0 Å². The van der Waals surface area contributed by atoms with Gasteiger partial charge in [0.25, 0.3) is 5.91 Å². The fourth-order valence-corrected chi connectivity index (χ4v) is 5.69. The number of thiazole rings is 1. The molecule has 1 aliphatic heterocycles. The van der Waals surface area contributed by atoms with Gasteiger partial charge in [0.2, 0.25) is 10.0 Å². The Hall–Kier alpha value is -2.59. The number of rotatable bonds is 8. The van der Waals surface area contributed by atoms with Gasteiger partial charge < -0.3 is 0 Å². The van der Waals surface area contributed by atoms with E-state index in [1.54, 1.807) is 12.1 Å². The number of carbonyl (C=O) groups excluding carboxylic acids is 1. The van der Waals surface area contributed by atoms with Crippen LogP contribution in [0.25, 0.3) is 0 Å². The molecule has 0 bridgehead atoms. The lowest BCUT2D eigenvalue weighted by Crippen LogP contribution is -2.33. The molecule has 1 unspecified atom stereocenters. The summed E-state index contributed by atoms with van der Waals surface area (Å²) in [7, 11) is -3.75. The Morgan fingerprint density at radius 3 is 2.79 bits per heavy atom. The van der Waals surface area contributed by atoms with Crippen molar-refractivity contribution >= 4 is 32.4 Å². The third-order valence-electron chi connectivity index (χ3n) is 5.61. The summed E-state index contributed by atoms with van der Waals surface area (Å²) in [6.07, 6.45) is 2.47. The molecule has 7 nitrogen and oxygen atoms in total. The fraction of sp³-hybridized carbons (Fsp3) is 0.333. The summed E-state index contributed by atoms with van der Waals surface area (Å²) in [5, 5.41) is 5.27. The molecular weight excluding hydrogens is 456 g/mol. The minimum absolute atomic E-state index is 0.0464. The lowest BCUT2D eigenvalue weighted by Gasteiger charge is -2.30. The zero-order chi connectivity index (χ0) is 23.3. The maximum atomic E-state index is 12.7. The molecule has 2 heterocycles. The molecule has 3 aromatic rings. The molecule has 0 aliphatic carbocycles. The molecular formula is C24H28N4O3S2. The SMILES string of the molecule is CC1CCCN(Cc2csc(NC(=O)c3cccc(S(=O)(=O)NCc4ccccc4)c3)n2)C1. The predicted molar refractivity (Wildman–Crippen MR) is 131 cm³/mol. The Morgan fingerprint density at radius 2 is 2.00 bits per heavy atom. The van der Waals surface area contributed by atoms with E-state index < -0.39 is 10.0 Å². The molecule has 2 N–H and O–H groups in total. The van der Waals surface area contributed by atoms with Crippen LogP contribution in [-0.4, -0.2) is 37.3 Å². The number of amides is 1. The highest BCUT2D eigenvalue weighted by atomic mass is 32.2. The van der Waals surface area contributed by atoms with E-state index in [0.717, 1.165) is 30.9 Å². The summed E-state index contributed by atoms with van der Waals surface area (Å²) < 4.78 is 28.0. The van der Waals surface area contributed by atoms with Gasteiger partial charge in [0.05, 0.1) is 10.6 Å². The first-order valence-corrected chi connectivity index (χ1v) is 13.4. The average Bonchev–Trinajstić information content (AvgIpc) is 3.25. The van der Waals surface area contributed by atoms with Gasteiger partial charge in [-0.25, -0.2) is 18.1 Å². The largest absolute Gasteiger partial charge is 0.298 e. The normalized spacial score (nSPS) is 17.1.